The van der Waals surface area contributed by atoms with Crippen molar-refractivity contribution in [2.45, 2.75) is 25.9 Å². The van der Waals surface area contributed by atoms with E-state index in [1.165, 1.54) is 25.3 Å². The van der Waals surface area contributed by atoms with Gasteiger partial charge in [-0.2, -0.15) is 0 Å². The monoisotopic (exact) mass is 904 g/mol. The van der Waals surface area contributed by atoms with E-state index in [2.05, 4.69) is 15.6 Å². The van der Waals surface area contributed by atoms with Gasteiger partial charge in [-0.25, -0.2) is 4.68 Å². The van der Waals surface area contributed by atoms with Gasteiger partial charge in [-0.05, 0) is 35.9 Å². The molecular formula is C48H52N6O12. The second-order valence-electron chi connectivity index (χ2n) is 15.0. The molecule has 3 amide bonds. The van der Waals surface area contributed by atoms with E-state index < -0.39 is 5.91 Å². The van der Waals surface area contributed by atoms with Crippen LogP contribution in [0.1, 0.15) is 28.8 Å². The lowest BCUT2D eigenvalue weighted by atomic mass is 9.95. The van der Waals surface area contributed by atoms with Gasteiger partial charge in [-0.3, -0.25) is 19.2 Å². The van der Waals surface area contributed by atoms with Gasteiger partial charge >= 0.3 is 0 Å². The molecule has 7 rings (SSSR count). The van der Waals surface area contributed by atoms with E-state index in [0.717, 1.165) is 22.4 Å². The lowest BCUT2D eigenvalue weighted by Crippen LogP contribution is -2.32. The summed E-state index contributed by atoms with van der Waals surface area (Å²) < 4.78 is 41.0. The van der Waals surface area contributed by atoms with Crippen LogP contribution >= 0.6 is 0 Å². The molecule has 0 radical (unpaired) electrons. The molecule has 0 aliphatic carbocycles. The number of primary amides is 1. The number of carbonyl (C=O) groups is 3. The standard InChI is InChI=1S/C48H52N6O12/c1-60-40-15-14-37-39(55)30-41(66-47(37)46(40)58)32-10-12-33(13-11-32)48(59)50-18-20-61-22-24-63-26-28-65-29-27-64-25-23-62-21-19-54-45-35-7-3-2-6-34(35)31-53(43(57)17-16-42(49)56)38-9-5-4-8-36(38)44(45)51-52-54/h2-15,30,58H,16-29,31H2,1H3,(H2,49,56)(H,50,59). The Labute approximate surface area is 380 Å². The van der Waals surface area contributed by atoms with E-state index in [-0.39, 0.29) is 58.3 Å². The lowest BCUT2D eigenvalue weighted by Gasteiger charge is -2.28. The molecule has 0 unspecified atom stereocenters. The molecule has 18 nitrogen and oxygen atoms in total. The average molecular weight is 905 g/mol. The van der Waals surface area contributed by atoms with Crippen LogP contribution in [0.25, 0.3) is 44.8 Å². The first-order chi connectivity index (χ1) is 32.2. The smallest absolute Gasteiger partial charge is 0.251 e. The molecule has 6 aromatic rings. The number of benzene rings is 4. The Kier molecular flexibility index (Phi) is 16.6. The highest BCUT2D eigenvalue weighted by molar-refractivity contribution is 6.01. The number of phenols is 1. The molecule has 18 heteroatoms. The van der Waals surface area contributed by atoms with Crippen molar-refractivity contribution in [3.8, 4) is 45.3 Å². The molecule has 1 aliphatic heterocycles. The van der Waals surface area contributed by atoms with Crippen LogP contribution in [0, 0.1) is 0 Å². The Hall–Kier alpha value is -6.96. The average Bonchev–Trinajstić information content (AvgIpc) is 3.74. The fourth-order valence-electron chi connectivity index (χ4n) is 7.31. The number of aromatic hydroxyl groups is 1. The van der Waals surface area contributed by atoms with Crippen LogP contribution in [0.15, 0.2) is 100 Å². The zero-order chi connectivity index (χ0) is 46.3. The quantitative estimate of drug-likeness (QED) is 0.0699. The number of carbonyl (C=O) groups excluding carboxylic acids is 3. The van der Waals surface area contributed by atoms with Crippen LogP contribution in [-0.2, 0) is 46.4 Å². The fourth-order valence-corrected chi connectivity index (χ4v) is 7.31. The predicted octanol–water partition coefficient (Wildman–Crippen LogP) is 4.72. The van der Waals surface area contributed by atoms with Crippen LogP contribution in [0.2, 0.25) is 0 Å². The van der Waals surface area contributed by atoms with Crippen molar-refractivity contribution in [1.82, 2.24) is 20.3 Å². The van der Waals surface area contributed by atoms with Gasteiger partial charge in [0.1, 0.15) is 11.5 Å². The highest BCUT2D eigenvalue weighted by Gasteiger charge is 2.29. The Balaban J connectivity index is 0.726. The summed E-state index contributed by atoms with van der Waals surface area (Å²) in [6, 6.07) is 26.3. The second kappa shape index (κ2) is 23.3. The highest BCUT2D eigenvalue weighted by Crippen LogP contribution is 2.41. The minimum absolute atomic E-state index is 0.00727. The molecule has 1 aliphatic rings. The third kappa shape index (κ3) is 11.8. The van der Waals surface area contributed by atoms with Gasteiger partial charge in [-0.1, -0.05) is 59.8 Å². The minimum Gasteiger partial charge on any atom is -0.502 e. The zero-order valence-corrected chi connectivity index (χ0v) is 36.6. The van der Waals surface area contributed by atoms with Gasteiger partial charge < -0.3 is 53.9 Å². The Bertz CT molecular complexity index is 2670. The molecule has 0 bridgehead atoms. The maximum atomic E-state index is 13.4. The summed E-state index contributed by atoms with van der Waals surface area (Å²) in [7, 11) is 1.41. The zero-order valence-electron chi connectivity index (χ0n) is 36.6. The fraction of sp³-hybridized carbons (Fsp3) is 0.333. The number of anilines is 1. The number of amides is 3. The Morgan fingerprint density at radius 3 is 2.09 bits per heavy atom. The summed E-state index contributed by atoms with van der Waals surface area (Å²) in [6.07, 6.45) is -0.0249. The Morgan fingerprint density at radius 2 is 1.41 bits per heavy atom. The van der Waals surface area contributed by atoms with Crippen LogP contribution in [0.3, 0.4) is 0 Å². The van der Waals surface area contributed by atoms with E-state index in [0.29, 0.717) is 108 Å². The van der Waals surface area contributed by atoms with E-state index in [4.69, 9.17) is 38.6 Å². The molecule has 346 valence electrons. The number of ether oxygens (including phenoxy) is 6. The first kappa shape index (κ1) is 47.0. The number of rotatable bonds is 24. The summed E-state index contributed by atoms with van der Waals surface area (Å²) in [5.74, 6) is -0.838. The summed E-state index contributed by atoms with van der Waals surface area (Å²) in [6.45, 7) is 4.86. The van der Waals surface area contributed by atoms with Gasteiger partial charge in [0.2, 0.25) is 17.6 Å². The number of methoxy groups -OCH3 is 1. The van der Waals surface area contributed by atoms with E-state index >= 15 is 0 Å². The largest absolute Gasteiger partial charge is 0.502 e. The van der Waals surface area contributed by atoms with E-state index in [1.807, 2.05) is 53.2 Å². The van der Waals surface area contributed by atoms with Crippen molar-refractivity contribution in [2.75, 3.05) is 84.6 Å². The molecule has 4 N–H and O–H groups in total. The molecule has 0 fully saturated rings. The van der Waals surface area contributed by atoms with Gasteiger partial charge in [-0.15, -0.1) is 5.10 Å². The van der Waals surface area contributed by atoms with Crippen LogP contribution in [0.5, 0.6) is 11.5 Å². The molecule has 0 saturated carbocycles. The second-order valence-corrected chi connectivity index (χ2v) is 15.0. The lowest BCUT2D eigenvalue weighted by molar-refractivity contribution is -0.123. The number of fused-ring (bicyclic) bond motifs is 6. The van der Waals surface area contributed by atoms with Gasteiger partial charge in [0.15, 0.2) is 16.8 Å². The summed E-state index contributed by atoms with van der Waals surface area (Å²) in [4.78, 5) is 51.8. The van der Waals surface area contributed by atoms with Crippen molar-refractivity contribution in [3.63, 3.8) is 0 Å². The van der Waals surface area contributed by atoms with Gasteiger partial charge in [0.05, 0.1) is 103 Å². The van der Waals surface area contributed by atoms with Crippen molar-refractivity contribution in [2.24, 2.45) is 5.73 Å². The van der Waals surface area contributed by atoms with Gasteiger partial charge in [0.25, 0.3) is 5.91 Å². The molecule has 3 heterocycles. The van der Waals surface area contributed by atoms with Crippen molar-refractivity contribution >= 4 is 34.4 Å². The number of nitrogens with zero attached hydrogens (tertiary/aromatic N) is 4. The first-order valence-electron chi connectivity index (χ1n) is 21.5. The molecule has 2 aromatic heterocycles. The van der Waals surface area contributed by atoms with E-state index in [1.54, 1.807) is 29.2 Å². The van der Waals surface area contributed by atoms with E-state index in [9.17, 15) is 24.3 Å². The maximum absolute atomic E-state index is 13.4. The number of hydrogen-bond donors (Lipinski definition) is 3. The molecule has 0 saturated heterocycles. The third-order valence-corrected chi connectivity index (χ3v) is 10.6. The van der Waals surface area contributed by atoms with Crippen molar-refractivity contribution in [3.05, 3.63) is 112 Å². The van der Waals surface area contributed by atoms with Crippen molar-refractivity contribution in [1.29, 1.82) is 0 Å². The maximum Gasteiger partial charge on any atom is 0.251 e. The minimum atomic E-state index is -0.525. The topological polar surface area (TPSA) is 229 Å². The van der Waals surface area contributed by atoms with Crippen LogP contribution in [0.4, 0.5) is 5.69 Å². The number of nitrogens with two attached hydrogens (primary N) is 1. The third-order valence-electron chi connectivity index (χ3n) is 10.6. The summed E-state index contributed by atoms with van der Waals surface area (Å²) in [5, 5.41) is 22.5. The summed E-state index contributed by atoms with van der Waals surface area (Å²) in [5.41, 5.74) is 10.8. The molecular weight excluding hydrogens is 853 g/mol. The number of para-hydroxylation sites is 1. The SMILES string of the molecule is COc1ccc2c(=O)cc(-c3ccc(C(=O)NCCOCCOCCOCCOCCOCCn4nnc5c4-c4ccccc4CN(C(=O)CCC(N)=O)c4ccccc4-5)cc3)oc2c1O. The number of hydrogen-bond acceptors (Lipinski definition) is 14. The van der Waals surface area contributed by atoms with Crippen LogP contribution in [-0.4, -0.2) is 118 Å². The highest BCUT2D eigenvalue weighted by atomic mass is 16.6. The summed E-state index contributed by atoms with van der Waals surface area (Å²) >= 11 is 0. The number of nitrogens with one attached hydrogen (secondary N) is 1. The molecule has 66 heavy (non-hydrogen) atoms. The normalized spacial score (nSPS) is 11.9. The first-order valence-corrected chi connectivity index (χ1v) is 21.5. The predicted molar refractivity (Wildman–Crippen MR) is 243 cm³/mol. The Morgan fingerprint density at radius 1 is 0.773 bits per heavy atom. The molecule has 0 spiro atoms. The van der Waals surface area contributed by atoms with Crippen LogP contribution < -0.4 is 26.1 Å². The van der Waals surface area contributed by atoms with Crippen molar-refractivity contribution < 1.29 is 52.3 Å². The number of phenolic OH excluding ortho intramolecular Hbond substituents is 1. The molecule has 4 aromatic carbocycles. The number of aromatic nitrogens is 3. The van der Waals surface area contributed by atoms with Gasteiger partial charge in [0, 0.05) is 47.7 Å². The molecule has 0 atom stereocenters.